The third kappa shape index (κ3) is 3.01. The van der Waals surface area contributed by atoms with Gasteiger partial charge in [0.1, 0.15) is 0 Å². The highest BCUT2D eigenvalue weighted by atomic mass is 14.9. The number of fused-ring (bicyclic) bond motifs is 7. The van der Waals surface area contributed by atoms with Crippen molar-refractivity contribution in [3.05, 3.63) is 122 Å². The molecule has 0 saturated carbocycles. The van der Waals surface area contributed by atoms with E-state index in [2.05, 4.69) is 96.0 Å². The second-order valence-electron chi connectivity index (χ2n) is 10.3. The van der Waals surface area contributed by atoms with Gasteiger partial charge in [-0.2, -0.15) is 0 Å². The van der Waals surface area contributed by atoms with Crippen LogP contribution in [0.3, 0.4) is 0 Å². The van der Waals surface area contributed by atoms with Crippen LogP contribution in [0.25, 0.3) is 88.4 Å². The molecule has 184 valence electrons. The lowest BCUT2D eigenvalue weighted by Crippen LogP contribution is -1.95. The molecule has 8 aromatic rings. The van der Waals surface area contributed by atoms with Crippen LogP contribution in [0.5, 0.6) is 0 Å². The summed E-state index contributed by atoms with van der Waals surface area (Å²) in [5.41, 5.74) is 9.50. The summed E-state index contributed by atoms with van der Waals surface area (Å²) in [6.45, 7) is 0. The monoisotopic (exact) mass is 508 g/mol. The standard InChI is InChI=1S/C36H20N4/c1-2-6-24-20-30-27-13-14-28(25-8-3-9-26(33(25)27)29(30)19-23(24)5-1)36-38-18-16-32(40-36)31-15-12-22-11-10-21-7-4-17-37-34(21)35(22)39-31/h1-20H. The van der Waals surface area contributed by atoms with E-state index in [4.69, 9.17) is 15.0 Å². The lowest BCUT2D eigenvalue weighted by atomic mass is 9.98. The first-order valence-corrected chi connectivity index (χ1v) is 13.4. The second kappa shape index (κ2) is 8.01. The van der Waals surface area contributed by atoms with Crippen molar-refractivity contribution in [2.75, 3.05) is 0 Å². The summed E-state index contributed by atoms with van der Waals surface area (Å²) in [4.78, 5) is 19.4. The Balaban J connectivity index is 1.22. The molecule has 0 amide bonds. The Morgan fingerprint density at radius 3 is 1.95 bits per heavy atom. The summed E-state index contributed by atoms with van der Waals surface area (Å²) < 4.78 is 0. The number of benzene rings is 5. The van der Waals surface area contributed by atoms with Gasteiger partial charge >= 0.3 is 0 Å². The predicted octanol–water partition coefficient (Wildman–Crippen LogP) is 8.86. The molecule has 0 unspecified atom stereocenters. The van der Waals surface area contributed by atoms with Gasteiger partial charge in [-0.25, -0.2) is 15.0 Å². The number of nitrogens with zero attached hydrogens (tertiary/aromatic N) is 4. The van der Waals surface area contributed by atoms with Crippen LogP contribution in [-0.4, -0.2) is 19.9 Å². The van der Waals surface area contributed by atoms with Gasteiger partial charge in [0.25, 0.3) is 0 Å². The molecular weight excluding hydrogens is 488 g/mol. The van der Waals surface area contributed by atoms with Crippen molar-refractivity contribution in [2.24, 2.45) is 0 Å². The molecule has 0 atom stereocenters. The summed E-state index contributed by atoms with van der Waals surface area (Å²) in [6, 6.07) is 38.4. The molecule has 1 aliphatic carbocycles. The zero-order valence-corrected chi connectivity index (χ0v) is 21.3. The van der Waals surface area contributed by atoms with Crippen LogP contribution < -0.4 is 0 Å². The molecule has 0 aliphatic heterocycles. The van der Waals surface area contributed by atoms with Crippen molar-refractivity contribution in [1.29, 1.82) is 0 Å². The Hall–Kier alpha value is -5.48. The molecule has 0 saturated heterocycles. The number of hydrogen-bond donors (Lipinski definition) is 0. The van der Waals surface area contributed by atoms with E-state index in [9.17, 15) is 0 Å². The maximum absolute atomic E-state index is 5.03. The molecule has 0 fully saturated rings. The van der Waals surface area contributed by atoms with Gasteiger partial charge in [-0.05, 0) is 80.2 Å². The fourth-order valence-electron chi connectivity index (χ4n) is 6.23. The van der Waals surface area contributed by atoms with Gasteiger partial charge in [-0.1, -0.05) is 72.8 Å². The fourth-order valence-corrected chi connectivity index (χ4v) is 6.23. The van der Waals surface area contributed by atoms with E-state index < -0.39 is 0 Å². The van der Waals surface area contributed by atoms with E-state index in [0.29, 0.717) is 5.82 Å². The number of pyridine rings is 2. The minimum atomic E-state index is 0.695. The van der Waals surface area contributed by atoms with Crippen LogP contribution in [0.4, 0.5) is 0 Å². The molecule has 0 bridgehead atoms. The minimum absolute atomic E-state index is 0.695. The minimum Gasteiger partial charge on any atom is -0.254 e. The van der Waals surface area contributed by atoms with Crippen LogP contribution in [0.1, 0.15) is 0 Å². The summed E-state index contributed by atoms with van der Waals surface area (Å²) in [5, 5.41) is 7.07. The van der Waals surface area contributed by atoms with Gasteiger partial charge in [-0.15, -0.1) is 0 Å². The smallest absolute Gasteiger partial charge is 0.160 e. The van der Waals surface area contributed by atoms with E-state index in [1.807, 2.05) is 30.6 Å². The van der Waals surface area contributed by atoms with Crippen molar-refractivity contribution >= 4 is 43.4 Å². The fraction of sp³-hybridized carbons (Fsp3) is 0. The van der Waals surface area contributed by atoms with E-state index in [1.54, 1.807) is 0 Å². The third-order valence-corrected chi connectivity index (χ3v) is 8.10. The number of hydrogen-bond acceptors (Lipinski definition) is 4. The second-order valence-corrected chi connectivity index (χ2v) is 10.3. The molecule has 0 spiro atoms. The maximum atomic E-state index is 5.03. The summed E-state index contributed by atoms with van der Waals surface area (Å²) in [5.74, 6) is 0.695. The van der Waals surface area contributed by atoms with Crippen molar-refractivity contribution in [3.8, 4) is 45.0 Å². The quantitative estimate of drug-likeness (QED) is 0.219. The first-order valence-electron chi connectivity index (χ1n) is 13.4. The molecule has 40 heavy (non-hydrogen) atoms. The van der Waals surface area contributed by atoms with Crippen LogP contribution in [0.15, 0.2) is 122 Å². The van der Waals surface area contributed by atoms with Crippen LogP contribution in [-0.2, 0) is 0 Å². The van der Waals surface area contributed by atoms with Gasteiger partial charge in [0, 0.05) is 28.7 Å². The molecule has 3 aromatic heterocycles. The van der Waals surface area contributed by atoms with Crippen molar-refractivity contribution in [2.45, 2.75) is 0 Å². The number of rotatable bonds is 2. The zero-order valence-electron chi connectivity index (χ0n) is 21.3. The van der Waals surface area contributed by atoms with E-state index in [-0.39, 0.29) is 0 Å². The molecule has 9 rings (SSSR count). The average molecular weight is 509 g/mol. The largest absolute Gasteiger partial charge is 0.254 e. The summed E-state index contributed by atoms with van der Waals surface area (Å²) in [7, 11) is 0. The molecule has 1 aliphatic rings. The molecular formula is C36H20N4. The predicted molar refractivity (Wildman–Crippen MR) is 163 cm³/mol. The topological polar surface area (TPSA) is 51.6 Å². The van der Waals surface area contributed by atoms with E-state index in [0.717, 1.165) is 44.1 Å². The Kier molecular flexibility index (Phi) is 4.30. The van der Waals surface area contributed by atoms with Crippen LogP contribution in [0, 0.1) is 0 Å². The van der Waals surface area contributed by atoms with Crippen LogP contribution in [0.2, 0.25) is 0 Å². The van der Waals surface area contributed by atoms with E-state index in [1.165, 1.54) is 38.4 Å². The maximum Gasteiger partial charge on any atom is 0.160 e. The van der Waals surface area contributed by atoms with Gasteiger partial charge in [0.05, 0.1) is 22.4 Å². The Labute approximate surface area is 229 Å². The van der Waals surface area contributed by atoms with Gasteiger partial charge in [0.2, 0.25) is 0 Å². The molecule has 3 heterocycles. The summed E-state index contributed by atoms with van der Waals surface area (Å²) in [6.07, 6.45) is 3.64. The zero-order chi connectivity index (χ0) is 26.2. The normalized spacial score (nSPS) is 12.0. The van der Waals surface area contributed by atoms with Crippen molar-refractivity contribution in [1.82, 2.24) is 19.9 Å². The van der Waals surface area contributed by atoms with Gasteiger partial charge in [-0.3, -0.25) is 4.98 Å². The SMILES string of the molecule is c1ccc2cc3c(cc2c1)-c1cccc2c(-c4nccc(-c5ccc6ccc7cccnc7c6n5)n4)ccc-3c12. The molecule has 0 N–H and O–H groups in total. The Morgan fingerprint density at radius 2 is 1.10 bits per heavy atom. The number of aromatic nitrogens is 4. The summed E-state index contributed by atoms with van der Waals surface area (Å²) >= 11 is 0. The lowest BCUT2D eigenvalue weighted by Gasteiger charge is -2.10. The lowest BCUT2D eigenvalue weighted by molar-refractivity contribution is 1.17. The highest BCUT2D eigenvalue weighted by Crippen LogP contribution is 2.50. The van der Waals surface area contributed by atoms with Crippen molar-refractivity contribution in [3.63, 3.8) is 0 Å². The molecule has 0 radical (unpaired) electrons. The third-order valence-electron chi connectivity index (χ3n) is 8.10. The average Bonchev–Trinajstić information content (AvgIpc) is 3.33. The first kappa shape index (κ1) is 21.5. The Morgan fingerprint density at radius 1 is 0.400 bits per heavy atom. The molecule has 4 heteroatoms. The van der Waals surface area contributed by atoms with Crippen LogP contribution >= 0.6 is 0 Å². The Bertz CT molecular complexity index is 2290. The molecule has 4 nitrogen and oxygen atoms in total. The first-order chi connectivity index (χ1) is 19.8. The van der Waals surface area contributed by atoms with E-state index >= 15 is 0 Å². The van der Waals surface area contributed by atoms with Gasteiger partial charge < -0.3 is 0 Å². The van der Waals surface area contributed by atoms with Crippen molar-refractivity contribution < 1.29 is 0 Å². The highest BCUT2D eigenvalue weighted by Gasteiger charge is 2.24. The highest BCUT2D eigenvalue weighted by molar-refractivity contribution is 6.20. The molecule has 5 aromatic carbocycles. The van der Waals surface area contributed by atoms with Gasteiger partial charge in [0.15, 0.2) is 5.82 Å².